The second-order valence-electron chi connectivity index (χ2n) is 6.42. The van der Waals surface area contributed by atoms with Gasteiger partial charge in [0.2, 0.25) is 5.91 Å². The van der Waals surface area contributed by atoms with E-state index in [9.17, 15) is 4.79 Å². The maximum Gasteiger partial charge on any atom is 0.220 e. The molecule has 0 saturated heterocycles. The molecule has 1 aliphatic heterocycles. The van der Waals surface area contributed by atoms with Gasteiger partial charge in [0.15, 0.2) is 0 Å². The number of carbonyl (C=O) groups is 1. The van der Waals surface area contributed by atoms with Crippen molar-refractivity contribution in [2.45, 2.75) is 25.8 Å². The number of rotatable bonds is 1. The molecule has 0 saturated carbocycles. The Kier molecular flexibility index (Phi) is 3.61. The molecule has 3 aromatic rings. The van der Waals surface area contributed by atoms with E-state index in [1.807, 2.05) is 29.2 Å². The van der Waals surface area contributed by atoms with Crippen LogP contribution in [0.1, 0.15) is 42.6 Å². The first kappa shape index (κ1) is 15.3. The highest BCUT2D eigenvalue weighted by Crippen LogP contribution is 2.44. The third-order valence-electron chi connectivity index (χ3n) is 5.07. The van der Waals surface area contributed by atoms with Crippen LogP contribution in [0.15, 0.2) is 48.5 Å². The van der Waals surface area contributed by atoms with Crippen LogP contribution in [-0.4, -0.2) is 22.3 Å². The van der Waals surface area contributed by atoms with Gasteiger partial charge in [-0.05, 0) is 30.2 Å². The van der Waals surface area contributed by atoms with E-state index in [4.69, 9.17) is 11.6 Å². The fraction of sp³-hybridized carbons (Fsp3) is 0.250. The molecule has 122 valence electrons. The number of hydrogen-bond donors (Lipinski definition) is 1. The number of amides is 1. The molecule has 1 N–H and O–H groups in total. The lowest BCUT2D eigenvalue weighted by molar-refractivity contribution is -0.131. The third kappa shape index (κ3) is 2.23. The summed E-state index contributed by atoms with van der Waals surface area (Å²) in [6, 6.07) is 16.3. The summed E-state index contributed by atoms with van der Waals surface area (Å²) in [6.45, 7) is 4.36. The van der Waals surface area contributed by atoms with Crippen LogP contribution in [-0.2, 0) is 4.79 Å². The largest absolute Gasteiger partial charge is 0.356 e. The van der Waals surface area contributed by atoms with Crippen molar-refractivity contribution in [1.82, 2.24) is 9.88 Å². The highest BCUT2D eigenvalue weighted by molar-refractivity contribution is 6.31. The van der Waals surface area contributed by atoms with Gasteiger partial charge in [-0.1, -0.05) is 48.0 Å². The minimum atomic E-state index is 0.0311. The van der Waals surface area contributed by atoms with Gasteiger partial charge in [-0.25, -0.2) is 0 Å². The summed E-state index contributed by atoms with van der Waals surface area (Å²) in [7, 11) is 0. The molecule has 4 heteroatoms. The molecule has 2 heterocycles. The minimum Gasteiger partial charge on any atom is -0.356 e. The topological polar surface area (TPSA) is 36.1 Å². The Hall–Kier alpha value is -2.26. The minimum absolute atomic E-state index is 0.0311. The predicted molar refractivity (Wildman–Crippen MR) is 97.4 cm³/mol. The van der Waals surface area contributed by atoms with Crippen LogP contribution >= 0.6 is 11.6 Å². The fourth-order valence-electron chi connectivity index (χ4n) is 3.90. The van der Waals surface area contributed by atoms with Crippen LogP contribution in [0.2, 0.25) is 5.02 Å². The number of benzene rings is 2. The molecular weight excluding hydrogens is 320 g/mol. The lowest BCUT2D eigenvalue weighted by Crippen LogP contribution is -2.40. The highest BCUT2D eigenvalue weighted by Gasteiger charge is 2.36. The van der Waals surface area contributed by atoms with Crippen molar-refractivity contribution in [3.05, 3.63) is 70.4 Å². The number of fused-ring (bicyclic) bond motifs is 3. The fourth-order valence-corrected chi connectivity index (χ4v) is 4.17. The van der Waals surface area contributed by atoms with Crippen molar-refractivity contribution in [3.8, 4) is 0 Å². The van der Waals surface area contributed by atoms with Gasteiger partial charge in [0.1, 0.15) is 0 Å². The van der Waals surface area contributed by atoms with Crippen molar-refractivity contribution in [2.75, 3.05) is 6.54 Å². The molecular formula is C20H19ClN2O. The van der Waals surface area contributed by atoms with Crippen molar-refractivity contribution in [1.29, 1.82) is 0 Å². The molecule has 1 amide bonds. The van der Waals surface area contributed by atoms with Gasteiger partial charge in [-0.3, -0.25) is 4.79 Å². The second kappa shape index (κ2) is 5.67. The maximum absolute atomic E-state index is 12.2. The zero-order valence-electron chi connectivity index (χ0n) is 13.7. The summed E-state index contributed by atoms with van der Waals surface area (Å²) >= 11 is 6.49. The van der Waals surface area contributed by atoms with E-state index < -0.39 is 0 Å². The summed E-state index contributed by atoms with van der Waals surface area (Å²) in [5, 5.41) is 1.96. The van der Waals surface area contributed by atoms with Crippen LogP contribution in [0.5, 0.6) is 0 Å². The van der Waals surface area contributed by atoms with E-state index in [1.54, 1.807) is 6.92 Å². The zero-order chi connectivity index (χ0) is 16.8. The summed E-state index contributed by atoms with van der Waals surface area (Å²) in [6.07, 6.45) is 0. The van der Waals surface area contributed by atoms with E-state index in [0.717, 1.165) is 21.8 Å². The number of nitrogens with one attached hydrogen (secondary N) is 1. The quantitative estimate of drug-likeness (QED) is 0.674. The number of nitrogens with zero attached hydrogens (tertiary/aromatic N) is 1. The molecule has 4 rings (SSSR count). The standard InChI is InChI=1S/C20H19ClN2O/c1-12-20-19(15-8-4-6-10-18(15)22-20)16(11-23(12)13(2)24)14-7-3-5-9-17(14)21/h3-10,12,16,22H,11H2,1-2H3. The lowest BCUT2D eigenvalue weighted by Gasteiger charge is -2.38. The Morgan fingerprint density at radius 3 is 2.62 bits per heavy atom. The predicted octanol–water partition coefficient (Wildman–Crippen LogP) is 4.88. The van der Waals surface area contributed by atoms with Crippen molar-refractivity contribution in [2.24, 2.45) is 0 Å². The molecule has 0 aliphatic carbocycles. The number of carbonyl (C=O) groups excluding carboxylic acids is 1. The highest BCUT2D eigenvalue weighted by atomic mass is 35.5. The van der Waals surface area contributed by atoms with Gasteiger partial charge in [0, 0.05) is 41.0 Å². The number of hydrogen-bond acceptors (Lipinski definition) is 1. The van der Waals surface area contributed by atoms with Gasteiger partial charge in [0.25, 0.3) is 0 Å². The molecule has 2 aromatic carbocycles. The van der Waals surface area contributed by atoms with Crippen molar-refractivity contribution < 1.29 is 4.79 Å². The smallest absolute Gasteiger partial charge is 0.220 e. The van der Waals surface area contributed by atoms with Gasteiger partial charge in [0.05, 0.1) is 6.04 Å². The molecule has 0 radical (unpaired) electrons. The van der Waals surface area contributed by atoms with E-state index >= 15 is 0 Å². The lowest BCUT2D eigenvalue weighted by atomic mass is 9.83. The average molecular weight is 339 g/mol. The van der Waals surface area contributed by atoms with Crippen molar-refractivity contribution >= 4 is 28.4 Å². The molecule has 0 fully saturated rings. The molecule has 0 bridgehead atoms. The van der Waals surface area contributed by atoms with Gasteiger partial charge >= 0.3 is 0 Å². The summed E-state index contributed by atoms with van der Waals surface area (Å²) < 4.78 is 0. The molecule has 2 unspecified atom stereocenters. The average Bonchev–Trinajstić information content (AvgIpc) is 2.96. The second-order valence-corrected chi connectivity index (χ2v) is 6.83. The van der Waals surface area contributed by atoms with E-state index in [2.05, 4.69) is 36.2 Å². The maximum atomic E-state index is 12.2. The van der Waals surface area contributed by atoms with Crippen LogP contribution in [0, 0.1) is 0 Å². The van der Waals surface area contributed by atoms with Crippen LogP contribution in [0.3, 0.4) is 0 Å². The first-order valence-electron chi connectivity index (χ1n) is 8.20. The molecule has 24 heavy (non-hydrogen) atoms. The number of para-hydroxylation sites is 1. The third-order valence-corrected chi connectivity index (χ3v) is 5.42. The van der Waals surface area contributed by atoms with Crippen LogP contribution in [0.25, 0.3) is 10.9 Å². The Labute approximate surface area is 146 Å². The first-order valence-corrected chi connectivity index (χ1v) is 8.58. The SMILES string of the molecule is CC(=O)N1CC(c2ccccc2Cl)c2c([nH]c3ccccc23)C1C. The van der Waals surface area contributed by atoms with Crippen molar-refractivity contribution in [3.63, 3.8) is 0 Å². The number of aromatic amines is 1. The normalized spacial score (nSPS) is 20.2. The summed E-state index contributed by atoms with van der Waals surface area (Å²) in [5.41, 5.74) is 4.56. The molecule has 1 aliphatic rings. The first-order chi connectivity index (χ1) is 11.6. The summed E-state index contributed by atoms with van der Waals surface area (Å²) in [4.78, 5) is 17.6. The number of halogens is 1. The van der Waals surface area contributed by atoms with E-state index in [0.29, 0.717) is 6.54 Å². The van der Waals surface area contributed by atoms with Crippen LogP contribution in [0.4, 0.5) is 0 Å². The molecule has 1 aromatic heterocycles. The summed E-state index contributed by atoms with van der Waals surface area (Å²) in [5.74, 6) is 0.161. The van der Waals surface area contributed by atoms with Gasteiger partial charge < -0.3 is 9.88 Å². The zero-order valence-corrected chi connectivity index (χ0v) is 14.5. The van der Waals surface area contributed by atoms with Gasteiger partial charge in [-0.2, -0.15) is 0 Å². The molecule has 2 atom stereocenters. The van der Waals surface area contributed by atoms with Crippen LogP contribution < -0.4 is 0 Å². The molecule has 3 nitrogen and oxygen atoms in total. The Balaban J connectivity index is 1.99. The van der Waals surface area contributed by atoms with E-state index in [-0.39, 0.29) is 17.9 Å². The number of H-pyrrole nitrogens is 1. The van der Waals surface area contributed by atoms with E-state index in [1.165, 1.54) is 10.9 Å². The monoisotopic (exact) mass is 338 g/mol. The van der Waals surface area contributed by atoms with Gasteiger partial charge in [-0.15, -0.1) is 0 Å². The Bertz CT molecular complexity index is 930. The molecule has 0 spiro atoms. The Morgan fingerprint density at radius 2 is 1.88 bits per heavy atom. The Morgan fingerprint density at radius 1 is 1.17 bits per heavy atom. The number of aromatic nitrogens is 1.